The first-order chi connectivity index (χ1) is 10.1. The summed E-state index contributed by atoms with van der Waals surface area (Å²) in [4.78, 5) is 22.9. The maximum absolute atomic E-state index is 12.1. The second-order valence-electron chi connectivity index (χ2n) is 5.34. The first-order valence-electron chi connectivity index (χ1n) is 7.26. The lowest BCUT2D eigenvalue weighted by molar-refractivity contribution is -0.124. The van der Waals surface area contributed by atoms with E-state index in [0.29, 0.717) is 5.69 Å². The predicted molar refractivity (Wildman–Crippen MR) is 81.8 cm³/mol. The molecule has 1 heterocycles. The van der Waals surface area contributed by atoms with Crippen molar-refractivity contribution in [3.63, 3.8) is 0 Å². The number of rotatable bonds is 4. The maximum Gasteiger partial charge on any atom is 0.316 e. The molecule has 114 valence electrons. The van der Waals surface area contributed by atoms with Gasteiger partial charge in [0.1, 0.15) is 0 Å². The average Bonchev–Trinajstić information content (AvgIpc) is 2.48. The third-order valence-corrected chi connectivity index (χ3v) is 3.66. The van der Waals surface area contributed by atoms with Crippen molar-refractivity contribution < 1.29 is 9.59 Å². The Hall–Kier alpha value is -2.08. The van der Waals surface area contributed by atoms with Gasteiger partial charge >= 0.3 is 6.03 Å². The summed E-state index contributed by atoms with van der Waals surface area (Å²) in [7, 11) is 0. The van der Waals surface area contributed by atoms with E-state index in [1.54, 1.807) is 12.1 Å². The number of piperidine rings is 1. The molecule has 21 heavy (non-hydrogen) atoms. The summed E-state index contributed by atoms with van der Waals surface area (Å²) >= 11 is 0. The Morgan fingerprint density at radius 1 is 1.29 bits per heavy atom. The number of amides is 3. The van der Waals surface area contributed by atoms with Gasteiger partial charge in [-0.3, -0.25) is 4.79 Å². The van der Waals surface area contributed by atoms with Gasteiger partial charge < -0.3 is 21.7 Å². The Kier molecular flexibility index (Phi) is 5.16. The third-order valence-electron chi connectivity index (χ3n) is 3.66. The molecule has 5 N–H and O–H groups in total. The number of nitrogens with one attached hydrogen (secondary N) is 3. The molecule has 0 saturated carbocycles. The summed E-state index contributed by atoms with van der Waals surface area (Å²) in [6.07, 6.45) is 3.11. The molecule has 0 aromatic heterocycles. The van der Waals surface area contributed by atoms with E-state index in [9.17, 15) is 9.59 Å². The molecule has 0 radical (unpaired) electrons. The fourth-order valence-electron chi connectivity index (χ4n) is 2.47. The zero-order valence-electron chi connectivity index (χ0n) is 12.2. The minimum absolute atomic E-state index is 0.0431. The van der Waals surface area contributed by atoms with Crippen LogP contribution in [0.3, 0.4) is 0 Å². The van der Waals surface area contributed by atoms with E-state index in [2.05, 4.69) is 16.0 Å². The number of nitrogens with two attached hydrogens (primary N) is 1. The van der Waals surface area contributed by atoms with Crippen molar-refractivity contribution in [3.8, 4) is 0 Å². The van der Waals surface area contributed by atoms with Gasteiger partial charge in [-0.05, 0) is 44.0 Å². The van der Waals surface area contributed by atoms with Gasteiger partial charge in [0.25, 0.3) is 0 Å². The largest absolute Gasteiger partial charge is 0.351 e. The molecule has 1 fully saturated rings. The van der Waals surface area contributed by atoms with E-state index < -0.39 is 6.03 Å². The van der Waals surface area contributed by atoms with Gasteiger partial charge in [-0.2, -0.15) is 0 Å². The van der Waals surface area contributed by atoms with Crippen molar-refractivity contribution in [1.82, 2.24) is 10.6 Å². The van der Waals surface area contributed by atoms with E-state index in [1.165, 1.54) is 0 Å². The Morgan fingerprint density at radius 2 is 2.00 bits per heavy atom. The van der Waals surface area contributed by atoms with Gasteiger partial charge in [-0.25, -0.2) is 4.79 Å². The molecule has 1 aliphatic heterocycles. The van der Waals surface area contributed by atoms with Crippen molar-refractivity contribution in [2.75, 3.05) is 11.9 Å². The van der Waals surface area contributed by atoms with Crippen molar-refractivity contribution in [1.29, 1.82) is 0 Å². The lowest BCUT2D eigenvalue weighted by Crippen LogP contribution is -2.47. The van der Waals surface area contributed by atoms with Crippen LogP contribution in [0.4, 0.5) is 10.5 Å². The van der Waals surface area contributed by atoms with Gasteiger partial charge in [0.15, 0.2) is 0 Å². The van der Waals surface area contributed by atoms with Crippen LogP contribution in [0.15, 0.2) is 24.3 Å². The van der Waals surface area contributed by atoms with E-state index >= 15 is 0 Å². The van der Waals surface area contributed by atoms with Crippen LogP contribution in [0.5, 0.6) is 0 Å². The molecule has 2 rings (SSSR count). The number of primary amides is 1. The van der Waals surface area contributed by atoms with Gasteiger partial charge in [-0.1, -0.05) is 18.6 Å². The third kappa shape index (κ3) is 4.46. The summed E-state index contributed by atoms with van der Waals surface area (Å²) in [5, 5.41) is 8.75. The molecular formula is C15H22N4O2. The van der Waals surface area contributed by atoms with Gasteiger partial charge in [0.2, 0.25) is 5.91 Å². The molecule has 0 aliphatic carbocycles. The molecule has 0 spiro atoms. The monoisotopic (exact) mass is 290 g/mol. The second kappa shape index (κ2) is 7.08. The zero-order valence-corrected chi connectivity index (χ0v) is 12.2. The molecule has 6 nitrogen and oxygen atoms in total. The quantitative estimate of drug-likeness (QED) is 0.676. The highest BCUT2D eigenvalue weighted by atomic mass is 16.2. The minimum Gasteiger partial charge on any atom is -0.351 e. The number of carbonyl (C=O) groups is 2. The zero-order chi connectivity index (χ0) is 15.2. The standard InChI is InChI=1S/C15H22N4O2/c1-10(18-14(20)13-4-2-3-9-17-13)11-5-7-12(8-6-11)19-15(16)21/h5-8,10,13,17H,2-4,9H2,1H3,(H,18,20)(H3,16,19,21)/t10?,13-/m1/s1. The first kappa shape index (κ1) is 15.3. The van der Waals surface area contributed by atoms with Gasteiger partial charge in [0, 0.05) is 5.69 Å². The van der Waals surface area contributed by atoms with E-state index in [1.807, 2.05) is 19.1 Å². The Morgan fingerprint density at radius 3 is 2.57 bits per heavy atom. The number of carbonyl (C=O) groups excluding carboxylic acids is 2. The summed E-state index contributed by atoms with van der Waals surface area (Å²) in [6, 6.07) is 6.51. The topological polar surface area (TPSA) is 96.2 Å². The van der Waals surface area contributed by atoms with Crippen LogP contribution in [0.1, 0.15) is 37.8 Å². The molecule has 1 aromatic rings. The maximum atomic E-state index is 12.1. The minimum atomic E-state index is -0.590. The van der Waals surface area contributed by atoms with Crippen molar-refractivity contribution in [2.24, 2.45) is 5.73 Å². The fraction of sp³-hybridized carbons (Fsp3) is 0.467. The summed E-state index contributed by atoms with van der Waals surface area (Å²) in [6.45, 7) is 2.84. The highest BCUT2D eigenvalue weighted by Crippen LogP contribution is 2.17. The summed E-state index contributed by atoms with van der Waals surface area (Å²) in [5.74, 6) is 0.0431. The normalized spacial score (nSPS) is 19.6. The molecule has 0 bridgehead atoms. The molecule has 6 heteroatoms. The van der Waals surface area contributed by atoms with E-state index in [0.717, 1.165) is 31.4 Å². The Bertz CT molecular complexity index is 495. The van der Waals surface area contributed by atoms with E-state index in [4.69, 9.17) is 5.73 Å². The number of urea groups is 1. The van der Waals surface area contributed by atoms with Crippen molar-refractivity contribution in [3.05, 3.63) is 29.8 Å². The Labute approximate surface area is 124 Å². The highest BCUT2D eigenvalue weighted by Gasteiger charge is 2.21. The van der Waals surface area contributed by atoms with Gasteiger partial charge in [-0.15, -0.1) is 0 Å². The highest BCUT2D eigenvalue weighted by molar-refractivity contribution is 5.87. The second-order valence-corrected chi connectivity index (χ2v) is 5.34. The number of hydrogen-bond acceptors (Lipinski definition) is 3. The van der Waals surface area contributed by atoms with Crippen LogP contribution >= 0.6 is 0 Å². The molecule has 2 atom stereocenters. The van der Waals surface area contributed by atoms with Crippen LogP contribution in [0.2, 0.25) is 0 Å². The van der Waals surface area contributed by atoms with Gasteiger partial charge in [0.05, 0.1) is 12.1 Å². The lowest BCUT2D eigenvalue weighted by Gasteiger charge is -2.24. The molecule has 1 unspecified atom stereocenters. The lowest BCUT2D eigenvalue weighted by atomic mass is 10.0. The summed E-state index contributed by atoms with van der Waals surface area (Å²) < 4.78 is 0. The van der Waals surface area contributed by atoms with Crippen molar-refractivity contribution >= 4 is 17.6 Å². The van der Waals surface area contributed by atoms with Crippen LogP contribution in [-0.4, -0.2) is 24.5 Å². The average molecular weight is 290 g/mol. The smallest absolute Gasteiger partial charge is 0.316 e. The number of hydrogen-bond donors (Lipinski definition) is 4. The van der Waals surface area contributed by atoms with Crippen LogP contribution in [0.25, 0.3) is 0 Å². The van der Waals surface area contributed by atoms with Crippen LogP contribution in [-0.2, 0) is 4.79 Å². The van der Waals surface area contributed by atoms with E-state index in [-0.39, 0.29) is 18.0 Å². The Balaban J connectivity index is 1.91. The number of anilines is 1. The molecule has 1 saturated heterocycles. The molecule has 1 aliphatic rings. The predicted octanol–water partition coefficient (Wildman–Crippen LogP) is 1.50. The fourth-order valence-corrected chi connectivity index (χ4v) is 2.47. The molecule has 1 aromatic carbocycles. The molecule has 3 amide bonds. The van der Waals surface area contributed by atoms with Crippen molar-refractivity contribution in [2.45, 2.75) is 38.3 Å². The molecular weight excluding hydrogens is 268 g/mol. The van der Waals surface area contributed by atoms with Crippen LogP contribution < -0.4 is 21.7 Å². The first-order valence-corrected chi connectivity index (χ1v) is 7.26. The van der Waals surface area contributed by atoms with Crippen LogP contribution in [0, 0.1) is 0 Å². The number of benzene rings is 1. The summed E-state index contributed by atoms with van der Waals surface area (Å²) in [5.41, 5.74) is 6.68. The SMILES string of the molecule is CC(NC(=O)[C@H]1CCCCN1)c1ccc(NC(N)=O)cc1.